The third-order valence-electron chi connectivity index (χ3n) is 2.89. The lowest BCUT2D eigenvalue weighted by atomic mass is 10.2. The van der Waals surface area contributed by atoms with E-state index in [0.29, 0.717) is 6.54 Å². The van der Waals surface area contributed by atoms with Gasteiger partial charge in [0.25, 0.3) is 0 Å². The van der Waals surface area contributed by atoms with Gasteiger partial charge < -0.3 is 10.4 Å². The first kappa shape index (κ1) is 15.0. The number of aryl methyl sites for hydroxylation is 1. The minimum atomic E-state index is -0.918. The molecule has 1 unspecified atom stereocenters. The normalized spacial score (nSPS) is 11.7. The molecular formula is C14H20N2O3. The molecule has 0 aliphatic heterocycles. The number of amides is 2. The molecule has 19 heavy (non-hydrogen) atoms. The standard InChI is InChI=1S/C14H20N2O3/c1-4-16(12-7-5-10(2)6-8-12)14(19)15-9-11(3)13(17)18/h5-8,11H,4,9H2,1-3H3,(H,15,19)(H,17,18). The molecule has 0 aliphatic carbocycles. The van der Waals surface area contributed by atoms with Crippen LogP contribution in [0.25, 0.3) is 0 Å². The van der Waals surface area contributed by atoms with Crippen molar-refractivity contribution >= 4 is 17.7 Å². The van der Waals surface area contributed by atoms with Crippen molar-refractivity contribution in [1.82, 2.24) is 5.32 Å². The Kier molecular flexibility index (Phi) is 5.36. The minimum Gasteiger partial charge on any atom is -0.481 e. The van der Waals surface area contributed by atoms with Crippen LogP contribution in [0.2, 0.25) is 0 Å². The Hall–Kier alpha value is -2.04. The predicted molar refractivity (Wildman–Crippen MR) is 74.4 cm³/mol. The molecule has 0 heterocycles. The summed E-state index contributed by atoms with van der Waals surface area (Å²) in [4.78, 5) is 24.3. The van der Waals surface area contributed by atoms with Gasteiger partial charge in [0, 0.05) is 18.8 Å². The van der Waals surface area contributed by atoms with Crippen LogP contribution in [0.3, 0.4) is 0 Å². The van der Waals surface area contributed by atoms with Crippen LogP contribution in [0, 0.1) is 12.8 Å². The number of carboxylic acids is 1. The second-order valence-corrected chi connectivity index (χ2v) is 4.51. The van der Waals surface area contributed by atoms with Crippen LogP contribution in [-0.2, 0) is 4.79 Å². The maximum atomic E-state index is 12.0. The van der Waals surface area contributed by atoms with Crippen LogP contribution in [-0.4, -0.2) is 30.2 Å². The minimum absolute atomic E-state index is 0.122. The van der Waals surface area contributed by atoms with Crippen molar-refractivity contribution in [1.29, 1.82) is 0 Å². The summed E-state index contributed by atoms with van der Waals surface area (Å²) in [6.45, 7) is 6.06. The lowest BCUT2D eigenvalue weighted by Gasteiger charge is -2.22. The lowest BCUT2D eigenvalue weighted by Crippen LogP contribution is -2.42. The molecule has 0 spiro atoms. The average Bonchev–Trinajstić information content (AvgIpc) is 2.38. The van der Waals surface area contributed by atoms with E-state index in [4.69, 9.17) is 5.11 Å². The highest BCUT2D eigenvalue weighted by atomic mass is 16.4. The van der Waals surface area contributed by atoms with Crippen LogP contribution in [0.1, 0.15) is 19.4 Å². The van der Waals surface area contributed by atoms with Gasteiger partial charge in [-0.1, -0.05) is 24.6 Å². The van der Waals surface area contributed by atoms with Crippen LogP contribution >= 0.6 is 0 Å². The number of rotatable bonds is 5. The number of carboxylic acid groups (broad SMARTS) is 1. The molecule has 0 saturated carbocycles. The van der Waals surface area contributed by atoms with Crippen molar-refractivity contribution in [3.05, 3.63) is 29.8 Å². The molecule has 1 aromatic rings. The lowest BCUT2D eigenvalue weighted by molar-refractivity contribution is -0.140. The van der Waals surface area contributed by atoms with Crippen LogP contribution in [0.4, 0.5) is 10.5 Å². The third-order valence-corrected chi connectivity index (χ3v) is 2.89. The van der Waals surface area contributed by atoms with Crippen molar-refractivity contribution < 1.29 is 14.7 Å². The molecule has 0 aliphatic rings. The number of aliphatic carboxylic acids is 1. The van der Waals surface area contributed by atoms with Crippen molar-refractivity contribution in [2.45, 2.75) is 20.8 Å². The average molecular weight is 264 g/mol. The molecule has 5 nitrogen and oxygen atoms in total. The van der Waals surface area contributed by atoms with E-state index < -0.39 is 11.9 Å². The summed E-state index contributed by atoms with van der Waals surface area (Å²) in [6, 6.07) is 7.34. The van der Waals surface area contributed by atoms with E-state index in [9.17, 15) is 9.59 Å². The van der Waals surface area contributed by atoms with E-state index in [1.54, 1.807) is 11.8 Å². The fourth-order valence-electron chi connectivity index (χ4n) is 1.59. The van der Waals surface area contributed by atoms with Gasteiger partial charge in [-0.2, -0.15) is 0 Å². The zero-order valence-corrected chi connectivity index (χ0v) is 11.5. The first-order valence-corrected chi connectivity index (χ1v) is 6.30. The highest BCUT2D eigenvalue weighted by Crippen LogP contribution is 2.14. The molecule has 1 atom stereocenters. The maximum absolute atomic E-state index is 12.0. The number of carbonyl (C=O) groups excluding carboxylic acids is 1. The Morgan fingerprint density at radius 2 is 1.89 bits per heavy atom. The van der Waals surface area contributed by atoms with Crippen molar-refractivity contribution in [2.75, 3.05) is 18.0 Å². The van der Waals surface area contributed by atoms with Gasteiger partial charge >= 0.3 is 12.0 Å². The summed E-state index contributed by atoms with van der Waals surface area (Å²) >= 11 is 0. The Morgan fingerprint density at radius 3 is 2.37 bits per heavy atom. The topological polar surface area (TPSA) is 69.6 Å². The Balaban J connectivity index is 2.67. The van der Waals surface area contributed by atoms with Gasteiger partial charge in [-0.15, -0.1) is 0 Å². The summed E-state index contributed by atoms with van der Waals surface area (Å²) in [6.07, 6.45) is 0. The summed E-state index contributed by atoms with van der Waals surface area (Å²) in [5.41, 5.74) is 1.92. The molecule has 0 saturated heterocycles. The van der Waals surface area contributed by atoms with Crippen molar-refractivity contribution in [3.63, 3.8) is 0 Å². The number of nitrogens with zero attached hydrogens (tertiary/aromatic N) is 1. The second-order valence-electron chi connectivity index (χ2n) is 4.51. The summed E-state index contributed by atoms with van der Waals surface area (Å²) < 4.78 is 0. The fraction of sp³-hybridized carbons (Fsp3) is 0.429. The first-order valence-electron chi connectivity index (χ1n) is 6.30. The van der Waals surface area contributed by atoms with E-state index in [2.05, 4.69) is 5.32 Å². The van der Waals surface area contributed by atoms with E-state index >= 15 is 0 Å². The molecule has 2 amide bonds. The van der Waals surface area contributed by atoms with Crippen LogP contribution < -0.4 is 10.2 Å². The summed E-state index contributed by atoms with van der Waals surface area (Å²) in [5, 5.41) is 11.4. The molecule has 0 aromatic heterocycles. The molecule has 2 N–H and O–H groups in total. The monoisotopic (exact) mass is 264 g/mol. The Bertz CT molecular complexity index is 443. The summed E-state index contributed by atoms with van der Waals surface area (Å²) in [7, 11) is 0. The Labute approximate surface area is 113 Å². The fourth-order valence-corrected chi connectivity index (χ4v) is 1.59. The van der Waals surface area contributed by atoms with Gasteiger partial charge in [-0.3, -0.25) is 9.69 Å². The number of urea groups is 1. The molecule has 104 valence electrons. The van der Waals surface area contributed by atoms with E-state index in [1.807, 2.05) is 38.1 Å². The zero-order chi connectivity index (χ0) is 14.4. The van der Waals surface area contributed by atoms with Gasteiger partial charge in [-0.05, 0) is 26.0 Å². The number of hydrogen-bond donors (Lipinski definition) is 2. The van der Waals surface area contributed by atoms with Crippen molar-refractivity contribution in [3.8, 4) is 0 Å². The van der Waals surface area contributed by atoms with Gasteiger partial charge in [-0.25, -0.2) is 4.79 Å². The van der Waals surface area contributed by atoms with Crippen molar-refractivity contribution in [2.24, 2.45) is 5.92 Å². The molecule has 0 bridgehead atoms. The highest BCUT2D eigenvalue weighted by Gasteiger charge is 2.16. The number of anilines is 1. The van der Waals surface area contributed by atoms with Crippen LogP contribution in [0.15, 0.2) is 24.3 Å². The maximum Gasteiger partial charge on any atom is 0.321 e. The highest BCUT2D eigenvalue weighted by molar-refractivity contribution is 5.92. The quantitative estimate of drug-likeness (QED) is 0.857. The number of nitrogens with one attached hydrogen (secondary N) is 1. The molecule has 5 heteroatoms. The van der Waals surface area contributed by atoms with E-state index in [-0.39, 0.29) is 12.6 Å². The van der Waals surface area contributed by atoms with Crippen LogP contribution in [0.5, 0.6) is 0 Å². The SMILES string of the molecule is CCN(C(=O)NCC(C)C(=O)O)c1ccc(C)cc1. The molecule has 0 fully saturated rings. The molecule has 1 aromatic carbocycles. The number of carbonyl (C=O) groups is 2. The number of benzene rings is 1. The second kappa shape index (κ2) is 6.78. The predicted octanol–water partition coefficient (Wildman–Crippen LogP) is 2.25. The number of hydrogen-bond acceptors (Lipinski definition) is 2. The molecule has 1 rings (SSSR count). The summed E-state index contributed by atoms with van der Waals surface area (Å²) in [5.74, 6) is -1.51. The smallest absolute Gasteiger partial charge is 0.321 e. The Morgan fingerprint density at radius 1 is 1.32 bits per heavy atom. The van der Waals surface area contributed by atoms with E-state index in [1.165, 1.54) is 0 Å². The van der Waals surface area contributed by atoms with Gasteiger partial charge in [0.2, 0.25) is 0 Å². The third kappa shape index (κ3) is 4.28. The van der Waals surface area contributed by atoms with Gasteiger partial charge in [0.1, 0.15) is 0 Å². The molecule has 0 radical (unpaired) electrons. The molecular weight excluding hydrogens is 244 g/mol. The van der Waals surface area contributed by atoms with Gasteiger partial charge in [0.05, 0.1) is 5.92 Å². The zero-order valence-electron chi connectivity index (χ0n) is 11.5. The first-order chi connectivity index (χ1) is 8.95. The van der Waals surface area contributed by atoms with E-state index in [0.717, 1.165) is 11.3 Å². The largest absolute Gasteiger partial charge is 0.481 e. The van der Waals surface area contributed by atoms with Gasteiger partial charge in [0.15, 0.2) is 0 Å².